The number of hydrogen-bond acceptors (Lipinski definition) is 4. The zero-order valence-electron chi connectivity index (χ0n) is 7.32. The maximum absolute atomic E-state index is 8.59. The molecule has 0 bridgehead atoms. The molecule has 14 heavy (non-hydrogen) atoms. The summed E-state index contributed by atoms with van der Waals surface area (Å²) in [6.07, 6.45) is 3.45. The average molecular weight is 204 g/mol. The van der Waals surface area contributed by atoms with E-state index >= 15 is 0 Å². The molecule has 2 aromatic rings. The molecular weight excluding hydrogens is 196 g/mol. The van der Waals surface area contributed by atoms with Gasteiger partial charge in [0, 0.05) is 11.9 Å². The number of anilines is 1. The number of thiazole rings is 1. The van der Waals surface area contributed by atoms with Gasteiger partial charge in [0.2, 0.25) is 0 Å². The lowest BCUT2D eigenvalue weighted by molar-refractivity contribution is 1.07. The molecule has 0 fully saturated rings. The fourth-order valence-electron chi connectivity index (χ4n) is 1.06. The summed E-state index contributed by atoms with van der Waals surface area (Å²) in [5, 5.41) is 12.5. The second-order valence-corrected chi connectivity index (χ2v) is 3.72. The van der Waals surface area contributed by atoms with E-state index in [1.807, 2.05) is 24.4 Å². The number of nitrogens with zero attached hydrogens (tertiary/aromatic N) is 2. The Kier molecular flexibility index (Phi) is 2.47. The van der Waals surface area contributed by atoms with Crippen LogP contribution in [0.15, 0.2) is 24.5 Å². The number of nitriles is 1. The first-order valence-electron chi connectivity index (χ1n) is 4.10. The third kappa shape index (κ3) is 1.92. The van der Waals surface area contributed by atoms with Gasteiger partial charge in [0.1, 0.15) is 10.9 Å². The fraction of sp³-hybridized carbons (Fsp3) is 0.111. The van der Waals surface area contributed by atoms with Crippen molar-refractivity contribution in [3.05, 3.63) is 35.1 Å². The zero-order valence-corrected chi connectivity index (χ0v) is 8.14. The molecule has 0 atom stereocenters. The molecule has 0 radical (unpaired) electrons. The van der Waals surface area contributed by atoms with Crippen molar-refractivity contribution >= 4 is 16.5 Å². The Labute approximate surface area is 85.2 Å². The van der Waals surface area contributed by atoms with Crippen LogP contribution in [0.2, 0.25) is 0 Å². The summed E-state index contributed by atoms with van der Waals surface area (Å²) < 4.78 is 0. The number of nitrogens with one attached hydrogen (secondary N) is 2. The van der Waals surface area contributed by atoms with Gasteiger partial charge >= 0.3 is 0 Å². The number of aromatic nitrogens is 2. The van der Waals surface area contributed by atoms with Crippen molar-refractivity contribution in [2.75, 3.05) is 5.32 Å². The summed E-state index contributed by atoms with van der Waals surface area (Å²) in [6.45, 7) is 0.700. The van der Waals surface area contributed by atoms with Crippen molar-refractivity contribution in [3.8, 4) is 6.07 Å². The number of hydrogen-bond donors (Lipinski definition) is 2. The van der Waals surface area contributed by atoms with Crippen LogP contribution in [0.4, 0.5) is 5.13 Å². The van der Waals surface area contributed by atoms with Gasteiger partial charge in [-0.25, -0.2) is 4.98 Å². The molecule has 0 saturated carbocycles. The highest BCUT2D eigenvalue weighted by Gasteiger charge is 2.00. The first-order chi connectivity index (χ1) is 6.88. The van der Waals surface area contributed by atoms with E-state index in [0.717, 1.165) is 10.8 Å². The van der Waals surface area contributed by atoms with Crippen molar-refractivity contribution in [2.45, 2.75) is 6.54 Å². The maximum Gasteiger partial charge on any atom is 0.184 e. The van der Waals surface area contributed by atoms with Gasteiger partial charge in [-0.3, -0.25) is 0 Å². The minimum Gasteiger partial charge on any atom is -0.364 e. The molecule has 2 N–H and O–H groups in total. The Bertz CT molecular complexity index is 438. The fourth-order valence-corrected chi connectivity index (χ4v) is 1.66. The van der Waals surface area contributed by atoms with Gasteiger partial charge in [-0.15, -0.1) is 0 Å². The Balaban J connectivity index is 1.96. The second kappa shape index (κ2) is 3.94. The zero-order chi connectivity index (χ0) is 9.80. The van der Waals surface area contributed by atoms with Gasteiger partial charge in [0.25, 0.3) is 0 Å². The Hall–Kier alpha value is -1.80. The van der Waals surface area contributed by atoms with Crippen LogP contribution in [0.1, 0.15) is 10.6 Å². The molecule has 0 unspecified atom stereocenters. The van der Waals surface area contributed by atoms with Gasteiger partial charge in [-0.05, 0) is 12.1 Å². The molecule has 5 heteroatoms. The summed E-state index contributed by atoms with van der Waals surface area (Å²) in [5.74, 6) is 0. The highest BCUT2D eigenvalue weighted by Crippen LogP contribution is 2.17. The Morgan fingerprint density at radius 2 is 2.57 bits per heavy atom. The van der Waals surface area contributed by atoms with Crippen LogP contribution in [0.25, 0.3) is 0 Å². The molecule has 0 aliphatic heterocycles. The standard InChI is InChI=1S/C9H8N4S/c10-4-8-6-13-9(14-8)12-5-7-2-1-3-11-7/h1-3,6,11H,5H2,(H,12,13). The van der Waals surface area contributed by atoms with Gasteiger partial charge in [0.05, 0.1) is 12.7 Å². The van der Waals surface area contributed by atoms with Crippen molar-refractivity contribution < 1.29 is 0 Å². The van der Waals surface area contributed by atoms with Crippen molar-refractivity contribution in [2.24, 2.45) is 0 Å². The van der Waals surface area contributed by atoms with E-state index in [1.54, 1.807) is 6.20 Å². The largest absolute Gasteiger partial charge is 0.364 e. The summed E-state index contributed by atoms with van der Waals surface area (Å²) in [7, 11) is 0. The van der Waals surface area contributed by atoms with Crippen LogP contribution in [-0.4, -0.2) is 9.97 Å². The Morgan fingerprint density at radius 3 is 3.21 bits per heavy atom. The molecule has 0 aliphatic carbocycles. The lowest BCUT2D eigenvalue weighted by atomic mass is 10.4. The van der Waals surface area contributed by atoms with Gasteiger partial charge in [-0.1, -0.05) is 11.3 Å². The predicted molar refractivity (Wildman–Crippen MR) is 54.9 cm³/mol. The first kappa shape index (κ1) is 8.78. The predicted octanol–water partition coefficient (Wildman–Crippen LogP) is 1.95. The van der Waals surface area contributed by atoms with Crippen LogP contribution in [0.3, 0.4) is 0 Å². The molecule has 0 saturated heterocycles. The van der Waals surface area contributed by atoms with E-state index < -0.39 is 0 Å². The molecule has 0 aromatic carbocycles. The molecule has 0 aliphatic rings. The number of H-pyrrole nitrogens is 1. The van der Waals surface area contributed by atoms with Crippen LogP contribution >= 0.6 is 11.3 Å². The highest BCUT2D eigenvalue weighted by atomic mass is 32.1. The van der Waals surface area contributed by atoms with Gasteiger partial charge < -0.3 is 10.3 Å². The number of rotatable bonds is 3. The molecule has 4 nitrogen and oxygen atoms in total. The maximum atomic E-state index is 8.59. The van der Waals surface area contributed by atoms with Gasteiger partial charge in [-0.2, -0.15) is 5.26 Å². The van der Waals surface area contributed by atoms with Crippen LogP contribution in [0.5, 0.6) is 0 Å². The summed E-state index contributed by atoms with van der Waals surface area (Å²) in [4.78, 5) is 7.76. The summed E-state index contributed by atoms with van der Waals surface area (Å²) in [6, 6.07) is 5.98. The molecule has 0 spiro atoms. The van der Waals surface area contributed by atoms with Crippen LogP contribution in [-0.2, 0) is 6.54 Å². The third-order valence-corrected chi connectivity index (χ3v) is 2.57. The molecule has 2 aromatic heterocycles. The molecular formula is C9H8N4S. The minimum absolute atomic E-state index is 0.624. The first-order valence-corrected chi connectivity index (χ1v) is 4.92. The average Bonchev–Trinajstić information content (AvgIpc) is 2.86. The number of aromatic amines is 1. The van der Waals surface area contributed by atoms with Crippen LogP contribution < -0.4 is 5.32 Å². The van der Waals surface area contributed by atoms with Crippen molar-refractivity contribution in [1.82, 2.24) is 9.97 Å². The smallest absolute Gasteiger partial charge is 0.184 e. The topological polar surface area (TPSA) is 64.5 Å². The van der Waals surface area contributed by atoms with E-state index in [4.69, 9.17) is 5.26 Å². The summed E-state index contributed by atoms with van der Waals surface area (Å²) in [5.41, 5.74) is 1.10. The van der Waals surface area contributed by atoms with E-state index in [2.05, 4.69) is 15.3 Å². The molecule has 2 rings (SSSR count). The monoisotopic (exact) mass is 204 g/mol. The quantitative estimate of drug-likeness (QED) is 0.803. The highest BCUT2D eigenvalue weighted by molar-refractivity contribution is 7.16. The van der Waals surface area contributed by atoms with Crippen molar-refractivity contribution in [3.63, 3.8) is 0 Å². The molecule has 2 heterocycles. The van der Waals surface area contributed by atoms with Gasteiger partial charge in [0.15, 0.2) is 5.13 Å². The lowest BCUT2D eigenvalue weighted by Crippen LogP contribution is -1.98. The SMILES string of the molecule is N#Cc1cnc(NCc2ccc[nH]2)s1. The van der Waals surface area contributed by atoms with Crippen LogP contribution in [0, 0.1) is 11.3 Å². The third-order valence-electron chi connectivity index (χ3n) is 1.71. The van der Waals surface area contributed by atoms with E-state index in [1.165, 1.54) is 11.3 Å². The minimum atomic E-state index is 0.624. The van der Waals surface area contributed by atoms with Crippen molar-refractivity contribution in [1.29, 1.82) is 5.26 Å². The summed E-state index contributed by atoms with van der Waals surface area (Å²) >= 11 is 1.36. The van der Waals surface area contributed by atoms with E-state index in [0.29, 0.717) is 11.4 Å². The van der Waals surface area contributed by atoms with E-state index in [-0.39, 0.29) is 0 Å². The molecule has 0 amide bonds. The normalized spacial score (nSPS) is 9.64. The molecule has 70 valence electrons. The lowest BCUT2D eigenvalue weighted by Gasteiger charge is -1.98. The van der Waals surface area contributed by atoms with E-state index in [9.17, 15) is 0 Å². The Morgan fingerprint density at radius 1 is 1.64 bits per heavy atom. The second-order valence-electron chi connectivity index (χ2n) is 2.69.